The van der Waals surface area contributed by atoms with Crippen LogP contribution in [0.4, 0.5) is 290 Å². The van der Waals surface area contributed by atoms with E-state index in [2.05, 4.69) is 27.1 Å². The average Bonchev–Trinajstić information content (AvgIpc) is 0.723. The Morgan fingerprint density at radius 3 is 0.272 bits per heavy atom. The minimum atomic E-state index is -10.3. The molecule has 0 spiro atoms. The smallest absolute Gasteiger partial charge is 0.197 e. The summed E-state index contributed by atoms with van der Waals surface area (Å²) in [6.45, 7) is -36.2. The summed E-state index contributed by atoms with van der Waals surface area (Å²) in [4.78, 5) is -3.83. The van der Waals surface area contributed by atoms with E-state index >= 15 is 52.7 Å². The summed E-state index contributed by atoms with van der Waals surface area (Å²) in [5, 5.41) is 0. The van der Waals surface area contributed by atoms with Crippen LogP contribution >= 0.6 is 24.1 Å². The molecule has 0 amide bonds. The Bertz CT molecular complexity index is 2760. The maximum Gasteiger partial charge on any atom is 0.510 e. The molecule has 0 radical (unpaired) electrons. The Labute approximate surface area is 575 Å². The first-order valence-electron chi connectivity index (χ1n) is 24.8. The predicted octanol–water partition coefficient (Wildman–Crippen LogP) is 22.5. The van der Waals surface area contributed by atoms with Crippen LogP contribution in [0.15, 0.2) is 0 Å². The molecule has 114 heavy (non-hydrogen) atoms. The van der Waals surface area contributed by atoms with Crippen molar-refractivity contribution in [2.45, 2.75) is 179 Å². The Morgan fingerprint density at radius 1 is 0.123 bits per heavy atom. The maximum absolute atomic E-state index is 15.5. The summed E-state index contributed by atoms with van der Waals surface area (Å²) in [5.74, 6) is -226. The van der Waals surface area contributed by atoms with Crippen molar-refractivity contribution in [3.05, 3.63) is 0 Å². The van der Waals surface area contributed by atoms with E-state index in [0.29, 0.717) is 0 Å². The second-order valence-corrected chi connectivity index (χ2v) is 28.4. The summed E-state index contributed by atoms with van der Waals surface area (Å²) >= 11 is 0. The van der Waals surface area contributed by atoms with E-state index in [0.717, 1.165) is 0 Å². The fourth-order valence-corrected chi connectivity index (χ4v) is 17.2. The van der Waals surface area contributed by atoms with Crippen molar-refractivity contribution in [1.29, 1.82) is 0 Å². The summed E-state index contributed by atoms with van der Waals surface area (Å²) < 4.78 is 955. The van der Waals surface area contributed by atoms with E-state index < -0.39 is 257 Å². The van der Waals surface area contributed by atoms with Gasteiger partial charge in [0.2, 0.25) is 0 Å². The van der Waals surface area contributed by atoms with Crippen molar-refractivity contribution in [1.82, 2.24) is 14.6 Å². The van der Waals surface area contributed by atoms with Crippen LogP contribution in [0, 0.1) is 0 Å². The molecule has 0 aliphatic carbocycles. The monoisotopic (exact) mass is 1930 g/mol. The molecule has 0 aromatic carbocycles. The lowest BCUT2D eigenvalue weighted by Gasteiger charge is -2.41. The van der Waals surface area contributed by atoms with E-state index in [4.69, 9.17) is 0 Å². The molecule has 1 aliphatic rings. The minimum Gasteiger partial charge on any atom is -0.197 e. The number of rotatable bonds is 36. The second kappa shape index (κ2) is 29.3. The summed E-state index contributed by atoms with van der Waals surface area (Å²) in [6, 6.07) is 0. The van der Waals surface area contributed by atoms with E-state index in [-0.39, 0.29) is 0 Å². The van der Waals surface area contributed by atoms with Crippen LogP contribution in [0.3, 0.4) is 0 Å². The number of halogens is 66. The zero-order valence-electron chi connectivity index (χ0n) is 49.5. The zero-order valence-corrected chi connectivity index (χ0v) is 52.2. The molecule has 78 heteroatoms. The largest absolute Gasteiger partial charge is 0.510 e. The van der Waals surface area contributed by atoms with Gasteiger partial charge < -0.3 is 0 Å². The molecule has 0 aromatic heterocycles. The molecule has 9 nitrogen and oxygen atoms in total. The lowest BCUT2D eigenvalue weighted by Crippen LogP contribution is -2.68. The van der Waals surface area contributed by atoms with Crippen molar-refractivity contribution in [3.8, 4) is 0 Å². The molecule has 684 valence electrons. The molecular formula is C36H15F66N3O6P3+3. The highest BCUT2D eigenvalue weighted by molar-refractivity contribution is 7.92. The fraction of sp³-hybridized carbons (Fsp3) is 1.00. The van der Waals surface area contributed by atoms with Crippen molar-refractivity contribution in [2.24, 2.45) is 0 Å². The topological polar surface area (TPSA) is 91.5 Å². The molecule has 0 saturated carbocycles. The van der Waals surface area contributed by atoms with Gasteiger partial charge >= 0.3 is 203 Å². The van der Waals surface area contributed by atoms with Gasteiger partial charge in [0.1, 0.15) is 0 Å². The van der Waals surface area contributed by atoms with E-state index in [1.165, 1.54) is 0 Å². The van der Waals surface area contributed by atoms with Crippen molar-refractivity contribution < 1.29 is 317 Å². The standard InChI is InChI=1S/C36H15F66N3O6P3/c37-7(38,13(49,50)19(61,62)25(73,74)31(85,86)87)1-106-112(107-2-8(39,40)14(51,52)20(63,64)26(75,76)32(88,89)90)103-113(108-3-9(41,42)15(53,54)21(65,66)27(77,78)33(91,92)93,109-4-10(43,44)16(55,56)22(67,68)28(79,80)34(94,95)96)105-114(104-112,110-5-11(45,46)17(57,58)23(69,70)29(81,82)35(97,98)99)111-6-12(47,48)18(59,60)24(71,72)30(83,84)36(100,101)102/h103-105H,1-6H2/q+3. The Kier molecular flexibility index (Phi) is 27.8. The fourth-order valence-electron chi connectivity index (χ4n) is 6.25. The first kappa shape index (κ1) is 108. The molecule has 1 fully saturated rings. The molecule has 0 atom stereocenters. The first-order valence-corrected chi connectivity index (χ1v) is 29.6. The maximum atomic E-state index is 15.5. The molecular weight excluding hydrogens is 1920 g/mol. The lowest BCUT2D eigenvalue weighted by molar-refractivity contribution is -0.424. The molecule has 1 saturated heterocycles. The molecule has 1 heterocycles. The van der Waals surface area contributed by atoms with Crippen LogP contribution in [0.1, 0.15) is 0 Å². The lowest BCUT2D eigenvalue weighted by atomic mass is 9.98. The van der Waals surface area contributed by atoms with Crippen LogP contribution in [0.2, 0.25) is 0 Å². The Balaban J connectivity index is 5.97. The van der Waals surface area contributed by atoms with Crippen molar-refractivity contribution in [3.63, 3.8) is 0 Å². The van der Waals surface area contributed by atoms with Crippen LogP contribution in [0.5, 0.6) is 0 Å². The molecule has 0 unspecified atom stereocenters. The van der Waals surface area contributed by atoms with Gasteiger partial charge in [-0.1, -0.05) is 0 Å². The minimum absolute atomic E-state index is 1.28. The highest BCUT2D eigenvalue weighted by Gasteiger charge is 2.96. The van der Waals surface area contributed by atoms with Crippen LogP contribution in [-0.4, -0.2) is 219 Å². The second-order valence-electron chi connectivity index (χ2n) is 21.1. The number of nitrogens with one attached hydrogen (secondary N) is 3. The van der Waals surface area contributed by atoms with E-state index in [1.807, 2.05) is 0 Å². The van der Waals surface area contributed by atoms with Gasteiger partial charge in [-0.25, -0.2) is 0 Å². The molecule has 1 aliphatic heterocycles. The summed E-state index contributed by atoms with van der Waals surface area (Å²) in [7, 11) is -31.0. The van der Waals surface area contributed by atoms with Crippen LogP contribution in [0.25, 0.3) is 0 Å². The molecule has 3 N–H and O–H groups in total. The molecule has 0 bridgehead atoms. The van der Waals surface area contributed by atoms with Crippen molar-refractivity contribution >= 4 is 24.1 Å². The number of alkyl halides is 66. The van der Waals surface area contributed by atoms with Gasteiger partial charge in [0.15, 0.2) is 39.6 Å². The number of hydrogen-bond donors (Lipinski definition) is 3. The van der Waals surface area contributed by atoms with Gasteiger partial charge in [-0.15, -0.1) is 0 Å². The first-order chi connectivity index (χ1) is 48.4. The highest BCUT2D eigenvalue weighted by atomic mass is 31.3. The summed E-state index contributed by atoms with van der Waals surface area (Å²) in [6.07, 6.45) is -52.8. The highest BCUT2D eigenvalue weighted by Crippen LogP contribution is 2.84. The van der Waals surface area contributed by atoms with Crippen LogP contribution < -0.4 is 14.6 Å². The number of hydrogen-bond acceptors (Lipinski definition) is 9. The summed E-state index contributed by atoms with van der Waals surface area (Å²) in [5.41, 5.74) is 0. The third-order valence-electron chi connectivity index (χ3n) is 13.0. The van der Waals surface area contributed by atoms with Gasteiger partial charge in [0.05, 0.1) is 14.6 Å². The normalized spacial score (nSPS) is 18.8. The molecule has 1 rings (SSSR count). The average molecular weight is 1930 g/mol. The predicted molar refractivity (Wildman–Crippen MR) is 221 cm³/mol. The van der Waals surface area contributed by atoms with E-state index in [9.17, 15) is 237 Å². The molecule has 0 aromatic rings. The zero-order chi connectivity index (χ0) is 93.1. The van der Waals surface area contributed by atoms with E-state index in [1.54, 1.807) is 0 Å². The van der Waals surface area contributed by atoms with Gasteiger partial charge in [0.25, 0.3) is 0 Å². The third kappa shape index (κ3) is 16.8. The van der Waals surface area contributed by atoms with Gasteiger partial charge in [0, 0.05) is 0 Å². The van der Waals surface area contributed by atoms with Crippen molar-refractivity contribution in [2.75, 3.05) is 39.6 Å². The van der Waals surface area contributed by atoms with Gasteiger partial charge in [-0.3, -0.25) is 0 Å². The van der Waals surface area contributed by atoms with Crippen LogP contribution in [-0.2, 0) is 27.1 Å². The SMILES string of the molecule is FC(F)(F)C(F)(F)C(F)(F)C(F)(F)C(F)(F)CO[P+]1(OCC(F)(F)C(F)(F)C(F)(F)C(F)(F)C(F)(F)F)N[P+](OCC(F)(F)C(F)(F)C(F)(F)C(F)(F)C(F)(F)F)(OCC(F)(F)C(F)(F)C(F)(F)C(F)(F)C(F)(F)F)N[P+](OCC(F)(F)C(F)(F)C(F)(F)C(F)(F)C(F)(F)F)(OCC(F)(F)C(F)(F)C(F)(F)C(F)(F)C(F)(F)F)N1. The Hall–Kier alpha value is -3.69. The Morgan fingerprint density at radius 2 is 0.202 bits per heavy atom. The van der Waals surface area contributed by atoms with Gasteiger partial charge in [-0.2, -0.15) is 317 Å². The quantitative estimate of drug-likeness (QED) is 0.0419. The van der Waals surface area contributed by atoms with Gasteiger partial charge in [-0.05, 0) is 0 Å². The third-order valence-corrected chi connectivity index (χ3v) is 22.3.